The standard InChI is InChI=1S/C22H25FN4O2S/c1-14(26(3)4)21-24-25-22(27(21)18-10-8-17(23)9-11-18)30-15(2)20(28)16-6-12-19(29-5)13-7-16/h6-15H,1-5H3. The summed E-state index contributed by atoms with van der Waals surface area (Å²) in [5.74, 6) is 1.09. The molecule has 8 heteroatoms. The zero-order valence-corrected chi connectivity index (χ0v) is 18.5. The fourth-order valence-corrected chi connectivity index (χ4v) is 3.85. The van der Waals surface area contributed by atoms with Crippen molar-refractivity contribution in [1.29, 1.82) is 0 Å². The predicted molar refractivity (Wildman–Crippen MR) is 116 cm³/mol. The Morgan fingerprint density at radius 3 is 2.27 bits per heavy atom. The first-order valence-electron chi connectivity index (χ1n) is 9.54. The minimum atomic E-state index is -0.385. The Morgan fingerprint density at radius 1 is 1.07 bits per heavy atom. The van der Waals surface area contributed by atoms with E-state index in [1.807, 2.05) is 37.4 Å². The molecule has 0 amide bonds. The van der Waals surface area contributed by atoms with Gasteiger partial charge in [0.15, 0.2) is 16.8 Å². The van der Waals surface area contributed by atoms with Gasteiger partial charge in [-0.3, -0.25) is 14.3 Å². The summed E-state index contributed by atoms with van der Waals surface area (Å²) in [6.07, 6.45) is 0. The van der Waals surface area contributed by atoms with Gasteiger partial charge in [0.05, 0.1) is 18.4 Å². The molecule has 0 N–H and O–H groups in total. The smallest absolute Gasteiger partial charge is 0.196 e. The minimum absolute atomic E-state index is 0.0153. The largest absolute Gasteiger partial charge is 0.497 e. The molecule has 3 rings (SSSR count). The maximum atomic E-state index is 13.5. The first-order valence-corrected chi connectivity index (χ1v) is 10.4. The van der Waals surface area contributed by atoms with Gasteiger partial charge in [0.2, 0.25) is 0 Å². The number of methoxy groups -OCH3 is 1. The molecule has 0 aliphatic heterocycles. The Morgan fingerprint density at radius 2 is 1.70 bits per heavy atom. The van der Waals surface area contributed by atoms with Crippen molar-refractivity contribution >= 4 is 17.5 Å². The van der Waals surface area contributed by atoms with Crippen LogP contribution >= 0.6 is 11.8 Å². The van der Waals surface area contributed by atoms with E-state index in [1.54, 1.807) is 43.5 Å². The highest BCUT2D eigenvalue weighted by Crippen LogP contribution is 2.30. The molecule has 0 saturated heterocycles. The lowest BCUT2D eigenvalue weighted by Gasteiger charge is -2.21. The quantitative estimate of drug-likeness (QED) is 0.391. The molecular formula is C22H25FN4O2S. The molecule has 0 spiro atoms. The van der Waals surface area contributed by atoms with Gasteiger partial charge in [0.25, 0.3) is 0 Å². The van der Waals surface area contributed by atoms with Crippen LogP contribution in [0.3, 0.4) is 0 Å². The number of hydrogen-bond donors (Lipinski definition) is 0. The summed E-state index contributed by atoms with van der Waals surface area (Å²) in [7, 11) is 5.50. The second-order valence-corrected chi connectivity index (χ2v) is 8.45. The van der Waals surface area contributed by atoms with Gasteiger partial charge in [0, 0.05) is 11.3 Å². The second kappa shape index (κ2) is 9.40. The van der Waals surface area contributed by atoms with E-state index in [9.17, 15) is 9.18 Å². The van der Waals surface area contributed by atoms with Crippen molar-refractivity contribution in [3.8, 4) is 11.4 Å². The zero-order valence-electron chi connectivity index (χ0n) is 17.7. The molecule has 0 fully saturated rings. The molecule has 30 heavy (non-hydrogen) atoms. The number of halogens is 1. The summed E-state index contributed by atoms with van der Waals surface area (Å²) in [5, 5.41) is 8.92. The fraction of sp³-hybridized carbons (Fsp3) is 0.318. The van der Waals surface area contributed by atoms with E-state index in [1.165, 1.54) is 23.9 Å². The summed E-state index contributed by atoms with van der Waals surface area (Å²) in [6.45, 7) is 3.86. The van der Waals surface area contributed by atoms with Crippen molar-refractivity contribution in [3.05, 3.63) is 65.7 Å². The highest BCUT2D eigenvalue weighted by molar-refractivity contribution is 8.00. The molecule has 1 aromatic heterocycles. The van der Waals surface area contributed by atoms with Crippen LogP contribution in [0.2, 0.25) is 0 Å². The van der Waals surface area contributed by atoms with Crippen LogP contribution in [0, 0.1) is 5.82 Å². The lowest BCUT2D eigenvalue weighted by atomic mass is 10.1. The van der Waals surface area contributed by atoms with E-state index >= 15 is 0 Å². The van der Waals surface area contributed by atoms with Crippen LogP contribution in [-0.2, 0) is 0 Å². The molecule has 1 heterocycles. The van der Waals surface area contributed by atoms with Crippen LogP contribution in [-0.4, -0.2) is 51.9 Å². The molecular weight excluding hydrogens is 403 g/mol. The Kier molecular flexibility index (Phi) is 6.89. The molecule has 0 radical (unpaired) electrons. The molecule has 2 aromatic carbocycles. The lowest BCUT2D eigenvalue weighted by Crippen LogP contribution is -2.21. The number of benzene rings is 2. The fourth-order valence-electron chi connectivity index (χ4n) is 2.89. The van der Waals surface area contributed by atoms with E-state index in [0.29, 0.717) is 16.5 Å². The summed E-state index contributed by atoms with van der Waals surface area (Å²) >= 11 is 1.33. The first-order chi connectivity index (χ1) is 14.3. The van der Waals surface area contributed by atoms with Crippen molar-refractivity contribution in [2.45, 2.75) is 30.3 Å². The van der Waals surface area contributed by atoms with Crippen LogP contribution in [0.5, 0.6) is 5.75 Å². The third-order valence-electron chi connectivity index (χ3n) is 4.92. The van der Waals surface area contributed by atoms with E-state index in [2.05, 4.69) is 10.2 Å². The maximum Gasteiger partial charge on any atom is 0.196 e. The first kappa shape index (κ1) is 22.0. The number of aromatic nitrogens is 3. The average molecular weight is 429 g/mol. The number of nitrogens with zero attached hydrogens (tertiary/aromatic N) is 4. The molecule has 0 bridgehead atoms. The highest BCUT2D eigenvalue weighted by Gasteiger charge is 2.25. The van der Waals surface area contributed by atoms with E-state index in [-0.39, 0.29) is 22.9 Å². The molecule has 0 aliphatic rings. The van der Waals surface area contributed by atoms with Gasteiger partial charge < -0.3 is 4.74 Å². The van der Waals surface area contributed by atoms with Crippen LogP contribution in [0.25, 0.3) is 5.69 Å². The van der Waals surface area contributed by atoms with E-state index in [0.717, 1.165) is 11.5 Å². The van der Waals surface area contributed by atoms with E-state index < -0.39 is 0 Å². The molecule has 158 valence electrons. The van der Waals surface area contributed by atoms with Crippen LogP contribution < -0.4 is 4.74 Å². The normalized spacial score (nSPS) is 13.3. The van der Waals surface area contributed by atoms with Crippen molar-refractivity contribution in [2.75, 3.05) is 21.2 Å². The number of ether oxygens (including phenoxy) is 1. The van der Waals surface area contributed by atoms with Gasteiger partial charge >= 0.3 is 0 Å². The monoisotopic (exact) mass is 428 g/mol. The van der Waals surface area contributed by atoms with Gasteiger partial charge in [-0.15, -0.1) is 10.2 Å². The number of Topliss-reactive ketones (excluding diaryl/α,β-unsaturated/α-hetero) is 1. The Labute approximate surface area is 180 Å². The molecule has 3 aromatic rings. The highest BCUT2D eigenvalue weighted by atomic mass is 32.2. The average Bonchev–Trinajstić information content (AvgIpc) is 3.16. The number of rotatable bonds is 8. The zero-order chi connectivity index (χ0) is 21.8. The SMILES string of the molecule is COc1ccc(C(=O)C(C)Sc2nnc(C(C)N(C)C)n2-c2ccc(F)cc2)cc1. The Hall–Kier alpha value is -2.71. The van der Waals surface area contributed by atoms with Gasteiger partial charge in [-0.2, -0.15) is 0 Å². The third-order valence-corrected chi connectivity index (χ3v) is 5.96. The Bertz CT molecular complexity index is 1000. The van der Waals surface area contributed by atoms with Crippen LogP contribution in [0.15, 0.2) is 53.7 Å². The predicted octanol–water partition coefficient (Wildman–Crippen LogP) is 4.40. The molecule has 2 atom stereocenters. The third kappa shape index (κ3) is 4.71. The van der Waals surface area contributed by atoms with E-state index in [4.69, 9.17) is 4.74 Å². The molecule has 6 nitrogen and oxygen atoms in total. The van der Waals surface area contributed by atoms with Crippen molar-refractivity contribution in [1.82, 2.24) is 19.7 Å². The molecule has 0 saturated carbocycles. The van der Waals surface area contributed by atoms with Crippen LogP contribution in [0.4, 0.5) is 4.39 Å². The summed E-state index contributed by atoms with van der Waals surface area (Å²) in [5.41, 5.74) is 1.35. The summed E-state index contributed by atoms with van der Waals surface area (Å²) < 4.78 is 20.5. The number of ketones is 1. The minimum Gasteiger partial charge on any atom is -0.497 e. The number of thioether (sulfide) groups is 1. The van der Waals surface area contributed by atoms with Crippen molar-refractivity contribution < 1.29 is 13.9 Å². The van der Waals surface area contributed by atoms with Crippen molar-refractivity contribution in [2.24, 2.45) is 0 Å². The van der Waals surface area contributed by atoms with Crippen molar-refractivity contribution in [3.63, 3.8) is 0 Å². The topological polar surface area (TPSA) is 60.2 Å². The summed E-state index contributed by atoms with van der Waals surface area (Å²) in [6, 6.07) is 13.2. The van der Waals surface area contributed by atoms with Gasteiger partial charge in [0.1, 0.15) is 11.6 Å². The molecule has 2 unspecified atom stereocenters. The van der Waals surface area contributed by atoms with Gasteiger partial charge in [-0.05, 0) is 76.5 Å². The second-order valence-electron chi connectivity index (χ2n) is 7.15. The summed E-state index contributed by atoms with van der Waals surface area (Å²) in [4.78, 5) is 14.9. The van der Waals surface area contributed by atoms with Crippen LogP contribution in [0.1, 0.15) is 36.1 Å². The van der Waals surface area contributed by atoms with Gasteiger partial charge in [-0.25, -0.2) is 4.39 Å². The number of hydrogen-bond acceptors (Lipinski definition) is 6. The van der Waals surface area contributed by atoms with Gasteiger partial charge in [-0.1, -0.05) is 11.8 Å². The Balaban J connectivity index is 1.92. The lowest BCUT2D eigenvalue weighted by molar-refractivity contribution is 0.0994. The number of carbonyl (C=O) groups excluding carboxylic acids is 1. The number of carbonyl (C=O) groups is 1. The molecule has 0 aliphatic carbocycles. The maximum absolute atomic E-state index is 13.5.